The largest absolute Gasteiger partial charge is 0.0654 e. The van der Waals surface area contributed by atoms with Crippen LogP contribution in [-0.4, -0.2) is 0 Å². The molecule has 0 aromatic rings. The smallest absolute Gasteiger partial charge is 0.0300 e. The first-order valence-electron chi connectivity index (χ1n) is 6.09. The van der Waals surface area contributed by atoms with Crippen molar-refractivity contribution in [1.29, 1.82) is 0 Å². The van der Waals surface area contributed by atoms with Gasteiger partial charge in [-0.3, -0.25) is 0 Å². The summed E-state index contributed by atoms with van der Waals surface area (Å²) in [4.78, 5) is 0. The number of hydrogen-bond donors (Lipinski definition) is 0. The Bertz CT molecular complexity index is 146. The minimum Gasteiger partial charge on any atom is -0.0654 e. The maximum atomic E-state index is 2.45. The third-order valence-corrected chi connectivity index (χ3v) is 4.37. The molecule has 0 aromatic carbocycles. The van der Waals surface area contributed by atoms with Gasteiger partial charge in [0.1, 0.15) is 0 Å². The highest BCUT2D eigenvalue weighted by Crippen LogP contribution is 2.52. The summed E-state index contributed by atoms with van der Waals surface area (Å²) in [5.41, 5.74) is 0.645. The molecule has 1 aliphatic carbocycles. The molecule has 0 heterocycles. The van der Waals surface area contributed by atoms with E-state index in [2.05, 4.69) is 27.7 Å². The summed E-state index contributed by atoms with van der Waals surface area (Å²) in [6, 6.07) is 0. The predicted molar refractivity (Wildman–Crippen MR) is 59.8 cm³/mol. The van der Waals surface area contributed by atoms with Crippen LogP contribution in [0.15, 0.2) is 0 Å². The van der Waals surface area contributed by atoms with E-state index in [0.717, 1.165) is 11.8 Å². The first-order valence-corrected chi connectivity index (χ1v) is 6.09. The molecule has 1 rings (SSSR count). The summed E-state index contributed by atoms with van der Waals surface area (Å²) in [5.74, 6) is 1.99. The Balaban J connectivity index is 2.10. The van der Waals surface area contributed by atoms with Gasteiger partial charge in [0.25, 0.3) is 0 Å². The minimum absolute atomic E-state index is 0.645. The normalized spacial score (nSPS) is 31.4. The molecule has 2 atom stereocenters. The molecule has 0 aliphatic heterocycles. The number of unbranched alkanes of at least 4 members (excludes halogenated alkanes) is 3. The molecule has 0 heteroatoms. The fraction of sp³-hybridized carbons (Fsp3) is 1.00. The van der Waals surface area contributed by atoms with Gasteiger partial charge in [-0.25, -0.2) is 0 Å². The Hall–Kier alpha value is 0. The molecular weight excluding hydrogens is 156 g/mol. The van der Waals surface area contributed by atoms with Gasteiger partial charge in [-0.05, 0) is 30.1 Å². The molecule has 1 saturated carbocycles. The van der Waals surface area contributed by atoms with E-state index in [9.17, 15) is 0 Å². The molecule has 13 heavy (non-hydrogen) atoms. The fourth-order valence-corrected chi connectivity index (χ4v) is 2.58. The molecule has 0 radical (unpaired) electrons. The highest BCUT2D eigenvalue weighted by molar-refractivity contribution is 4.93. The van der Waals surface area contributed by atoms with Crippen molar-refractivity contribution >= 4 is 0 Å². The zero-order chi connectivity index (χ0) is 9.90. The summed E-state index contributed by atoms with van der Waals surface area (Å²) in [6.45, 7) is 9.59. The van der Waals surface area contributed by atoms with Crippen LogP contribution in [0, 0.1) is 17.3 Å². The van der Waals surface area contributed by atoms with Crippen LogP contribution < -0.4 is 0 Å². The van der Waals surface area contributed by atoms with E-state index in [1.54, 1.807) is 0 Å². The van der Waals surface area contributed by atoms with Crippen molar-refractivity contribution in [1.82, 2.24) is 0 Å². The quantitative estimate of drug-likeness (QED) is 0.543. The lowest BCUT2D eigenvalue weighted by molar-refractivity contribution is -0.0145. The zero-order valence-corrected chi connectivity index (χ0v) is 9.90. The van der Waals surface area contributed by atoms with Crippen LogP contribution in [0.3, 0.4) is 0 Å². The summed E-state index contributed by atoms with van der Waals surface area (Å²) < 4.78 is 0. The van der Waals surface area contributed by atoms with Crippen LogP contribution in [0.5, 0.6) is 0 Å². The lowest BCUT2D eigenvalue weighted by Gasteiger charge is -2.51. The van der Waals surface area contributed by atoms with Crippen LogP contribution in [0.1, 0.15) is 66.2 Å². The van der Waals surface area contributed by atoms with Crippen LogP contribution in [0.2, 0.25) is 0 Å². The van der Waals surface area contributed by atoms with Gasteiger partial charge in [-0.2, -0.15) is 0 Å². The second kappa shape index (κ2) is 4.48. The molecule has 1 aliphatic rings. The Morgan fingerprint density at radius 1 is 1.15 bits per heavy atom. The van der Waals surface area contributed by atoms with Gasteiger partial charge in [-0.15, -0.1) is 0 Å². The Morgan fingerprint density at radius 2 is 1.85 bits per heavy atom. The molecular formula is C13H26. The number of rotatable bonds is 5. The van der Waals surface area contributed by atoms with E-state index in [-0.39, 0.29) is 0 Å². The van der Waals surface area contributed by atoms with Crippen molar-refractivity contribution in [3.63, 3.8) is 0 Å². The Kier molecular flexibility index (Phi) is 3.82. The molecule has 0 saturated heterocycles. The highest BCUT2D eigenvalue weighted by atomic mass is 14.5. The SMILES string of the molecule is CCCCCC[C@@H]1C[C@H](C)C1(C)C. The van der Waals surface area contributed by atoms with E-state index < -0.39 is 0 Å². The van der Waals surface area contributed by atoms with Crippen molar-refractivity contribution in [2.45, 2.75) is 66.2 Å². The molecule has 0 aromatic heterocycles. The summed E-state index contributed by atoms with van der Waals surface area (Å²) in [5, 5.41) is 0. The average Bonchev–Trinajstić information content (AvgIpc) is 2.10. The van der Waals surface area contributed by atoms with Crippen molar-refractivity contribution in [3.8, 4) is 0 Å². The zero-order valence-electron chi connectivity index (χ0n) is 9.90. The predicted octanol–water partition coefficient (Wildman–Crippen LogP) is 4.64. The molecule has 0 amide bonds. The third kappa shape index (κ3) is 2.48. The molecule has 0 nitrogen and oxygen atoms in total. The third-order valence-electron chi connectivity index (χ3n) is 4.37. The van der Waals surface area contributed by atoms with E-state index in [4.69, 9.17) is 0 Å². The van der Waals surface area contributed by atoms with Gasteiger partial charge in [0.05, 0.1) is 0 Å². The average molecular weight is 182 g/mol. The van der Waals surface area contributed by atoms with E-state index in [1.807, 2.05) is 0 Å². The van der Waals surface area contributed by atoms with E-state index in [1.165, 1.54) is 38.5 Å². The molecule has 0 unspecified atom stereocenters. The van der Waals surface area contributed by atoms with Crippen LogP contribution >= 0.6 is 0 Å². The Morgan fingerprint density at radius 3 is 2.31 bits per heavy atom. The van der Waals surface area contributed by atoms with Crippen molar-refractivity contribution in [3.05, 3.63) is 0 Å². The summed E-state index contributed by atoms with van der Waals surface area (Å²) in [7, 11) is 0. The monoisotopic (exact) mass is 182 g/mol. The fourth-order valence-electron chi connectivity index (χ4n) is 2.58. The van der Waals surface area contributed by atoms with E-state index in [0.29, 0.717) is 5.41 Å². The van der Waals surface area contributed by atoms with Crippen molar-refractivity contribution in [2.75, 3.05) is 0 Å². The van der Waals surface area contributed by atoms with Gasteiger partial charge < -0.3 is 0 Å². The van der Waals surface area contributed by atoms with Gasteiger partial charge in [-0.1, -0.05) is 53.4 Å². The first-order chi connectivity index (χ1) is 6.09. The van der Waals surface area contributed by atoms with E-state index >= 15 is 0 Å². The van der Waals surface area contributed by atoms with Crippen molar-refractivity contribution < 1.29 is 0 Å². The molecule has 0 N–H and O–H groups in total. The standard InChI is InChI=1S/C13H26/c1-5-6-7-8-9-12-10-11(2)13(12,3)4/h11-12H,5-10H2,1-4H3/t11-,12+/m0/s1. The highest BCUT2D eigenvalue weighted by Gasteiger charge is 2.44. The van der Waals surface area contributed by atoms with Gasteiger partial charge in [0.15, 0.2) is 0 Å². The second-order valence-electron chi connectivity index (χ2n) is 5.50. The molecule has 1 fully saturated rings. The first kappa shape index (κ1) is 11.1. The maximum Gasteiger partial charge on any atom is -0.0300 e. The van der Waals surface area contributed by atoms with Gasteiger partial charge in [0, 0.05) is 0 Å². The molecule has 0 bridgehead atoms. The summed E-state index contributed by atoms with van der Waals surface area (Å²) in [6.07, 6.45) is 8.69. The van der Waals surface area contributed by atoms with Gasteiger partial charge >= 0.3 is 0 Å². The van der Waals surface area contributed by atoms with Gasteiger partial charge in [0.2, 0.25) is 0 Å². The number of hydrogen-bond acceptors (Lipinski definition) is 0. The Labute approximate surface area is 84.1 Å². The molecule has 0 spiro atoms. The molecule has 78 valence electrons. The summed E-state index contributed by atoms with van der Waals surface area (Å²) >= 11 is 0. The van der Waals surface area contributed by atoms with Crippen molar-refractivity contribution in [2.24, 2.45) is 17.3 Å². The van der Waals surface area contributed by atoms with Crippen LogP contribution in [0.25, 0.3) is 0 Å². The lowest BCUT2D eigenvalue weighted by Crippen LogP contribution is -2.42. The maximum absolute atomic E-state index is 2.45. The van der Waals surface area contributed by atoms with Crippen LogP contribution in [0.4, 0.5) is 0 Å². The van der Waals surface area contributed by atoms with Crippen LogP contribution in [-0.2, 0) is 0 Å². The second-order valence-corrected chi connectivity index (χ2v) is 5.50. The minimum atomic E-state index is 0.645. The lowest BCUT2D eigenvalue weighted by atomic mass is 9.54. The topological polar surface area (TPSA) is 0 Å².